The number of hydrogen-bond donors (Lipinski definition) is 0. The third-order valence-corrected chi connectivity index (χ3v) is 5.07. The van der Waals surface area contributed by atoms with Gasteiger partial charge in [0.25, 0.3) is 5.91 Å². The van der Waals surface area contributed by atoms with Crippen LogP contribution in [0.1, 0.15) is 53.1 Å². The molecule has 0 aromatic heterocycles. The van der Waals surface area contributed by atoms with E-state index in [1.54, 1.807) is 24.3 Å². The normalized spacial score (nSPS) is 20.2. The van der Waals surface area contributed by atoms with Gasteiger partial charge in [-0.05, 0) is 55.4 Å². The molecular weight excluding hydrogens is 296 g/mol. The lowest BCUT2D eigenvalue weighted by atomic mass is 9.81. The molecule has 2 aromatic carbocycles. The number of benzene rings is 2. The Morgan fingerprint density at radius 1 is 1.04 bits per heavy atom. The van der Waals surface area contributed by atoms with E-state index in [2.05, 4.69) is 36.4 Å². The van der Waals surface area contributed by atoms with Crippen LogP contribution < -0.4 is 0 Å². The number of nitriles is 1. The number of carbonyl (C=O) groups excluding carboxylic acids is 1. The fraction of sp³-hybridized carbons (Fsp3) is 0.333. The third-order valence-electron chi connectivity index (χ3n) is 5.07. The van der Waals surface area contributed by atoms with E-state index in [-0.39, 0.29) is 11.9 Å². The van der Waals surface area contributed by atoms with Crippen molar-refractivity contribution in [3.05, 3.63) is 71.3 Å². The van der Waals surface area contributed by atoms with E-state index in [4.69, 9.17) is 5.26 Å². The fourth-order valence-corrected chi connectivity index (χ4v) is 3.61. The molecule has 0 aliphatic heterocycles. The highest BCUT2D eigenvalue weighted by molar-refractivity contribution is 5.94. The van der Waals surface area contributed by atoms with Crippen LogP contribution >= 0.6 is 0 Å². The van der Waals surface area contributed by atoms with E-state index in [1.165, 1.54) is 5.56 Å². The van der Waals surface area contributed by atoms with Crippen molar-refractivity contribution in [3.8, 4) is 6.07 Å². The predicted molar refractivity (Wildman–Crippen MR) is 94.7 cm³/mol. The average molecular weight is 318 g/mol. The van der Waals surface area contributed by atoms with Crippen LogP contribution in [0.25, 0.3) is 0 Å². The van der Waals surface area contributed by atoms with Crippen LogP contribution in [0, 0.1) is 11.3 Å². The molecule has 2 aromatic rings. The van der Waals surface area contributed by atoms with E-state index in [9.17, 15) is 4.79 Å². The third kappa shape index (κ3) is 3.49. The quantitative estimate of drug-likeness (QED) is 0.844. The Morgan fingerprint density at radius 2 is 1.75 bits per heavy atom. The summed E-state index contributed by atoms with van der Waals surface area (Å²) in [6.07, 6.45) is 4.29. The summed E-state index contributed by atoms with van der Waals surface area (Å²) < 4.78 is 0. The van der Waals surface area contributed by atoms with Crippen molar-refractivity contribution in [2.75, 3.05) is 7.05 Å². The summed E-state index contributed by atoms with van der Waals surface area (Å²) in [6.45, 7) is 0. The maximum Gasteiger partial charge on any atom is 0.253 e. The van der Waals surface area contributed by atoms with E-state index >= 15 is 0 Å². The molecule has 1 aliphatic rings. The summed E-state index contributed by atoms with van der Waals surface area (Å²) in [5, 5.41) is 8.99. The van der Waals surface area contributed by atoms with Crippen LogP contribution in [-0.2, 0) is 0 Å². The van der Waals surface area contributed by atoms with Gasteiger partial charge in [-0.2, -0.15) is 5.26 Å². The van der Waals surface area contributed by atoms with Gasteiger partial charge in [0.05, 0.1) is 11.6 Å². The summed E-state index contributed by atoms with van der Waals surface area (Å²) in [5.74, 6) is 0.614. The van der Waals surface area contributed by atoms with Crippen molar-refractivity contribution in [1.29, 1.82) is 5.26 Å². The van der Waals surface area contributed by atoms with Crippen molar-refractivity contribution in [2.24, 2.45) is 0 Å². The second-order valence-electron chi connectivity index (χ2n) is 6.52. The Hall–Kier alpha value is -2.60. The molecule has 1 saturated carbocycles. The molecule has 0 unspecified atom stereocenters. The van der Waals surface area contributed by atoms with Gasteiger partial charge in [0.1, 0.15) is 0 Å². The highest BCUT2D eigenvalue weighted by Crippen LogP contribution is 2.34. The molecule has 0 atom stereocenters. The van der Waals surface area contributed by atoms with Gasteiger partial charge in [-0.15, -0.1) is 0 Å². The van der Waals surface area contributed by atoms with E-state index in [0.29, 0.717) is 17.0 Å². The average Bonchev–Trinajstić information content (AvgIpc) is 2.67. The molecule has 3 rings (SSSR count). The van der Waals surface area contributed by atoms with Crippen molar-refractivity contribution in [2.45, 2.75) is 37.6 Å². The minimum atomic E-state index is 0.00950. The molecular formula is C21H22N2O. The smallest absolute Gasteiger partial charge is 0.253 e. The number of carbonyl (C=O) groups is 1. The molecule has 0 saturated heterocycles. The Morgan fingerprint density at radius 3 is 2.42 bits per heavy atom. The maximum atomic E-state index is 12.7. The number of amides is 1. The van der Waals surface area contributed by atoms with Gasteiger partial charge in [0.2, 0.25) is 0 Å². The van der Waals surface area contributed by atoms with Crippen molar-refractivity contribution in [1.82, 2.24) is 4.90 Å². The molecule has 3 nitrogen and oxygen atoms in total. The zero-order valence-corrected chi connectivity index (χ0v) is 14.0. The number of hydrogen-bond acceptors (Lipinski definition) is 2. The molecule has 0 N–H and O–H groups in total. The zero-order valence-electron chi connectivity index (χ0n) is 14.0. The first-order chi connectivity index (χ1) is 11.7. The number of rotatable bonds is 3. The van der Waals surface area contributed by atoms with E-state index in [0.717, 1.165) is 25.7 Å². The standard InChI is InChI=1S/C21H22N2O/c1-23(21(24)19-9-5-6-16(14-19)15-22)20-12-10-18(11-13-20)17-7-3-2-4-8-17/h2-9,14,18,20H,10-13H2,1H3. The molecule has 0 radical (unpaired) electrons. The van der Waals surface area contributed by atoms with Crippen LogP contribution in [-0.4, -0.2) is 23.9 Å². The molecule has 0 bridgehead atoms. The zero-order chi connectivity index (χ0) is 16.9. The maximum absolute atomic E-state index is 12.7. The molecule has 122 valence electrons. The Kier molecular flexibility index (Phi) is 4.96. The minimum Gasteiger partial charge on any atom is -0.339 e. The monoisotopic (exact) mass is 318 g/mol. The summed E-state index contributed by atoms with van der Waals surface area (Å²) in [6, 6.07) is 20.0. The van der Waals surface area contributed by atoms with Crippen molar-refractivity contribution in [3.63, 3.8) is 0 Å². The van der Waals surface area contributed by atoms with Gasteiger partial charge in [-0.1, -0.05) is 36.4 Å². The van der Waals surface area contributed by atoms with Crippen LogP contribution in [0.3, 0.4) is 0 Å². The lowest BCUT2D eigenvalue weighted by Gasteiger charge is -2.35. The first kappa shape index (κ1) is 16.3. The van der Waals surface area contributed by atoms with Crippen LogP contribution in [0.15, 0.2) is 54.6 Å². The van der Waals surface area contributed by atoms with Gasteiger partial charge in [-0.3, -0.25) is 4.79 Å². The largest absolute Gasteiger partial charge is 0.339 e. The molecule has 1 fully saturated rings. The lowest BCUT2D eigenvalue weighted by molar-refractivity contribution is 0.0689. The summed E-state index contributed by atoms with van der Waals surface area (Å²) in [4.78, 5) is 14.5. The van der Waals surface area contributed by atoms with Crippen molar-refractivity contribution < 1.29 is 4.79 Å². The van der Waals surface area contributed by atoms with Crippen molar-refractivity contribution >= 4 is 5.91 Å². The van der Waals surface area contributed by atoms with Gasteiger partial charge in [0.15, 0.2) is 0 Å². The minimum absolute atomic E-state index is 0.00950. The first-order valence-corrected chi connectivity index (χ1v) is 8.51. The van der Waals surface area contributed by atoms with Crippen LogP contribution in [0.4, 0.5) is 0 Å². The summed E-state index contributed by atoms with van der Waals surface area (Å²) in [5.41, 5.74) is 2.54. The topological polar surface area (TPSA) is 44.1 Å². The molecule has 0 spiro atoms. The highest BCUT2D eigenvalue weighted by Gasteiger charge is 2.27. The SMILES string of the molecule is CN(C(=O)c1cccc(C#N)c1)C1CCC(c2ccccc2)CC1. The van der Waals surface area contributed by atoms with E-state index < -0.39 is 0 Å². The molecule has 1 amide bonds. The van der Waals surface area contributed by atoms with Crippen LogP contribution in [0.5, 0.6) is 0 Å². The summed E-state index contributed by atoms with van der Waals surface area (Å²) in [7, 11) is 1.88. The Balaban J connectivity index is 1.63. The Labute approximate surface area is 143 Å². The van der Waals surface area contributed by atoms with Gasteiger partial charge in [0, 0.05) is 18.7 Å². The molecule has 0 heterocycles. The second kappa shape index (κ2) is 7.31. The molecule has 24 heavy (non-hydrogen) atoms. The van der Waals surface area contributed by atoms with Gasteiger partial charge >= 0.3 is 0 Å². The fourth-order valence-electron chi connectivity index (χ4n) is 3.61. The van der Waals surface area contributed by atoms with Gasteiger partial charge < -0.3 is 4.90 Å². The first-order valence-electron chi connectivity index (χ1n) is 8.51. The highest BCUT2D eigenvalue weighted by atomic mass is 16.2. The van der Waals surface area contributed by atoms with Gasteiger partial charge in [-0.25, -0.2) is 0 Å². The predicted octanol–water partition coefficient (Wildman–Crippen LogP) is 4.36. The second-order valence-corrected chi connectivity index (χ2v) is 6.52. The van der Waals surface area contributed by atoms with E-state index in [1.807, 2.05) is 11.9 Å². The number of nitrogens with zero attached hydrogens (tertiary/aromatic N) is 2. The summed E-state index contributed by atoms with van der Waals surface area (Å²) >= 11 is 0. The van der Waals surface area contributed by atoms with Crippen LogP contribution in [0.2, 0.25) is 0 Å². The lowest BCUT2D eigenvalue weighted by Crippen LogP contribution is -2.39. The molecule has 3 heteroatoms. The Bertz CT molecular complexity index is 740. The molecule has 1 aliphatic carbocycles.